The van der Waals surface area contributed by atoms with Gasteiger partial charge in [0.1, 0.15) is 5.75 Å². The van der Waals surface area contributed by atoms with Gasteiger partial charge in [0.2, 0.25) is 0 Å². The lowest BCUT2D eigenvalue weighted by Gasteiger charge is -2.11. The van der Waals surface area contributed by atoms with Crippen molar-refractivity contribution in [2.45, 2.75) is 13.5 Å². The average molecular weight is 345 g/mol. The van der Waals surface area contributed by atoms with Gasteiger partial charge in [0.25, 0.3) is 0 Å². The van der Waals surface area contributed by atoms with E-state index in [1.807, 2.05) is 0 Å². The van der Waals surface area contributed by atoms with E-state index in [-0.39, 0.29) is 11.4 Å². The summed E-state index contributed by atoms with van der Waals surface area (Å²) in [5.41, 5.74) is 1.98. The molecule has 25 heavy (non-hydrogen) atoms. The van der Waals surface area contributed by atoms with Gasteiger partial charge in [-0.1, -0.05) is 0 Å². The predicted octanol–water partition coefficient (Wildman–Crippen LogP) is 3.54. The van der Waals surface area contributed by atoms with Crippen molar-refractivity contribution in [3.05, 3.63) is 60.0 Å². The highest BCUT2D eigenvalue weighted by Gasteiger charge is 2.17. The van der Waals surface area contributed by atoms with Crippen molar-refractivity contribution in [1.82, 2.24) is 14.8 Å². The molecule has 3 rings (SSSR count). The van der Waals surface area contributed by atoms with Crippen LogP contribution in [-0.2, 0) is 0 Å². The second kappa shape index (κ2) is 6.68. The Morgan fingerprint density at radius 3 is 2.72 bits per heavy atom. The minimum Gasteiger partial charge on any atom is -0.476 e. The van der Waals surface area contributed by atoms with Gasteiger partial charge in [-0.2, -0.15) is 13.9 Å². The van der Waals surface area contributed by atoms with Crippen LogP contribution in [0.2, 0.25) is 0 Å². The molecule has 0 saturated carbocycles. The first kappa shape index (κ1) is 16.6. The lowest BCUT2D eigenvalue weighted by Crippen LogP contribution is -2.04. The first-order chi connectivity index (χ1) is 11.9. The van der Waals surface area contributed by atoms with Crippen LogP contribution in [0.15, 0.2) is 48.8 Å². The highest BCUT2D eigenvalue weighted by Crippen LogP contribution is 2.29. The summed E-state index contributed by atoms with van der Waals surface area (Å²) in [5, 5.41) is 13.3. The van der Waals surface area contributed by atoms with Gasteiger partial charge in [0.15, 0.2) is 5.69 Å². The van der Waals surface area contributed by atoms with E-state index in [1.54, 1.807) is 31.3 Å². The number of benzene rings is 1. The van der Waals surface area contributed by atoms with Crippen molar-refractivity contribution in [1.29, 1.82) is 0 Å². The fourth-order valence-electron chi connectivity index (χ4n) is 2.43. The second-order valence-electron chi connectivity index (χ2n) is 5.26. The van der Waals surface area contributed by atoms with Crippen molar-refractivity contribution in [2.75, 3.05) is 0 Å². The van der Waals surface area contributed by atoms with Crippen molar-refractivity contribution in [2.24, 2.45) is 0 Å². The van der Waals surface area contributed by atoms with E-state index in [9.17, 15) is 18.7 Å². The Morgan fingerprint density at radius 2 is 2.08 bits per heavy atom. The first-order valence-electron chi connectivity index (χ1n) is 7.24. The Hall–Kier alpha value is -3.29. The summed E-state index contributed by atoms with van der Waals surface area (Å²) in [6.45, 7) is -1.22. The molecule has 0 aliphatic heterocycles. The van der Waals surface area contributed by atoms with E-state index in [0.29, 0.717) is 22.5 Å². The third-order valence-corrected chi connectivity index (χ3v) is 3.39. The SMILES string of the molecule is Cc1cc(OC(F)F)cc(-c2cc(C(=O)O)nn2-c2cccnc2)c1. The van der Waals surface area contributed by atoms with Crippen LogP contribution in [-0.4, -0.2) is 32.5 Å². The maximum absolute atomic E-state index is 12.5. The lowest BCUT2D eigenvalue weighted by molar-refractivity contribution is -0.0498. The minimum atomic E-state index is -2.95. The van der Waals surface area contributed by atoms with Gasteiger partial charge in [-0.25, -0.2) is 9.48 Å². The van der Waals surface area contributed by atoms with Crippen LogP contribution in [0.4, 0.5) is 8.78 Å². The summed E-state index contributed by atoms with van der Waals surface area (Å²) in [7, 11) is 0. The number of carbonyl (C=O) groups is 1. The van der Waals surface area contributed by atoms with Crippen LogP contribution in [0.5, 0.6) is 5.75 Å². The zero-order chi connectivity index (χ0) is 18.0. The molecule has 0 unspecified atom stereocenters. The van der Waals surface area contributed by atoms with Gasteiger partial charge in [0.05, 0.1) is 17.6 Å². The van der Waals surface area contributed by atoms with Crippen molar-refractivity contribution in [3.63, 3.8) is 0 Å². The van der Waals surface area contributed by atoms with Crippen LogP contribution < -0.4 is 4.74 Å². The second-order valence-corrected chi connectivity index (χ2v) is 5.26. The molecule has 0 amide bonds. The van der Waals surface area contributed by atoms with Gasteiger partial charge < -0.3 is 9.84 Å². The summed E-state index contributed by atoms with van der Waals surface area (Å²) in [6, 6.07) is 9.38. The summed E-state index contributed by atoms with van der Waals surface area (Å²) >= 11 is 0. The summed E-state index contributed by atoms with van der Waals surface area (Å²) in [5.74, 6) is -1.21. The minimum absolute atomic E-state index is 0.0131. The Kier molecular flexibility index (Phi) is 4.42. The number of aryl methyl sites for hydroxylation is 1. The van der Waals surface area contributed by atoms with Crippen LogP contribution in [0.25, 0.3) is 16.9 Å². The molecule has 6 nitrogen and oxygen atoms in total. The maximum atomic E-state index is 12.5. The zero-order valence-corrected chi connectivity index (χ0v) is 13.1. The number of alkyl halides is 2. The molecule has 0 aliphatic carbocycles. The number of carboxylic acids is 1. The van der Waals surface area contributed by atoms with E-state index < -0.39 is 12.6 Å². The normalized spacial score (nSPS) is 10.9. The number of aromatic nitrogens is 3. The topological polar surface area (TPSA) is 77.2 Å². The van der Waals surface area contributed by atoms with E-state index in [1.165, 1.54) is 29.1 Å². The van der Waals surface area contributed by atoms with Crippen molar-refractivity contribution < 1.29 is 23.4 Å². The fraction of sp³-hybridized carbons (Fsp3) is 0.118. The number of nitrogens with zero attached hydrogens (tertiary/aromatic N) is 3. The monoisotopic (exact) mass is 345 g/mol. The number of rotatable bonds is 5. The van der Waals surface area contributed by atoms with Gasteiger partial charge in [-0.15, -0.1) is 0 Å². The van der Waals surface area contributed by atoms with Crippen LogP contribution >= 0.6 is 0 Å². The molecular formula is C17H13F2N3O3. The van der Waals surface area contributed by atoms with Gasteiger partial charge >= 0.3 is 12.6 Å². The molecule has 1 aromatic carbocycles. The quantitative estimate of drug-likeness (QED) is 0.765. The molecule has 0 bridgehead atoms. The third-order valence-electron chi connectivity index (χ3n) is 3.39. The number of pyridine rings is 1. The van der Waals surface area contributed by atoms with E-state index in [2.05, 4.69) is 14.8 Å². The molecule has 3 aromatic rings. The lowest BCUT2D eigenvalue weighted by atomic mass is 10.1. The summed E-state index contributed by atoms with van der Waals surface area (Å²) in [6.07, 6.45) is 3.10. The average Bonchev–Trinajstić information content (AvgIpc) is 3.00. The number of carboxylic acid groups (broad SMARTS) is 1. The maximum Gasteiger partial charge on any atom is 0.387 e. The number of aromatic carboxylic acids is 1. The van der Waals surface area contributed by atoms with E-state index >= 15 is 0 Å². The zero-order valence-electron chi connectivity index (χ0n) is 13.1. The predicted molar refractivity (Wildman–Crippen MR) is 85.1 cm³/mol. The molecule has 0 radical (unpaired) electrons. The molecular weight excluding hydrogens is 332 g/mol. The van der Waals surface area contributed by atoms with Gasteiger partial charge in [-0.05, 0) is 48.9 Å². The van der Waals surface area contributed by atoms with Crippen molar-refractivity contribution in [3.8, 4) is 22.7 Å². The molecule has 1 N–H and O–H groups in total. The van der Waals surface area contributed by atoms with Crippen LogP contribution in [0, 0.1) is 6.92 Å². The Balaban J connectivity index is 2.16. The van der Waals surface area contributed by atoms with Gasteiger partial charge in [0, 0.05) is 11.8 Å². The molecule has 8 heteroatoms. The highest BCUT2D eigenvalue weighted by atomic mass is 19.3. The third kappa shape index (κ3) is 3.63. The van der Waals surface area contributed by atoms with E-state index in [4.69, 9.17) is 0 Å². The Morgan fingerprint density at radius 1 is 1.28 bits per heavy atom. The summed E-state index contributed by atoms with van der Waals surface area (Å²) < 4.78 is 30.9. The molecule has 2 heterocycles. The molecule has 0 saturated heterocycles. The Bertz CT molecular complexity index is 911. The first-order valence-corrected chi connectivity index (χ1v) is 7.24. The number of halogens is 2. The molecule has 0 spiro atoms. The Labute approximate surface area is 141 Å². The molecule has 0 atom stereocenters. The molecule has 0 aliphatic rings. The van der Waals surface area contributed by atoms with E-state index in [0.717, 1.165) is 0 Å². The standard InChI is InChI=1S/C17H13F2N3O3/c1-10-5-11(7-13(6-10)25-17(18)19)15-8-14(16(23)24)21-22(15)12-3-2-4-20-9-12/h2-9,17H,1H3,(H,23,24). The largest absolute Gasteiger partial charge is 0.476 e. The van der Waals surface area contributed by atoms with Crippen LogP contribution in [0.3, 0.4) is 0 Å². The highest BCUT2D eigenvalue weighted by molar-refractivity contribution is 5.87. The van der Waals surface area contributed by atoms with Crippen molar-refractivity contribution >= 4 is 5.97 Å². The molecule has 128 valence electrons. The fourth-order valence-corrected chi connectivity index (χ4v) is 2.43. The van der Waals surface area contributed by atoms with Crippen LogP contribution in [0.1, 0.15) is 16.1 Å². The number of hydrogen-bond acceptors (Lipinski definition) is 4. The summed E-state index contributed by atoms with van der Waals surface area (Å²) in [4.78, 5) is 15.3. The number of hydrogen-bond donors (Lipinski definition) is 1. The van der Waals surface area contributed by atoms with Gasteiger partial charge in [-0.3, -0.25) is 4.98 Å². The smallest absolute Gasteiger partial charge is 0.387 e. The molecule has 0 fully saturated rings. The molecule has 2 aromatic heterocycles. The number of ether oxygens (including phenoxy) is 1.